The highest BCUT2D eigenvalue weighted by Crippen LogP contribution is 2.15. The van der Waals surface area contributed by atoms with Crippen molar-refractivity contribution in [3.8, 4) is 0 Å². The molecule has 0 saturated carbocycles. The van der Waals surface area contributed by atoms with Crippen molar-refractivity contribution >= 4 is 21.9 Å². The minimum absolute atomic E-state index is 0.351. The minimum atomic E-state index is -0.733. The number of carboxylic acid groups (broad SMARTS) is 1. The lowest BCUT2D eigenvalue weighted by Gasteiger charge is -2.04. The first-order valence-corrected chi connectivity index (χ1v) is 8.97. The van der Waals surface area contributed by atoms with Crippen LogP contribution in [0.15, 0.2) is 0 Å². The van der Waals surface area contributed by atoms with E-state index in [2.05, 4.69) is 22.9 Å². The maximum absolute atomic E-state index is 10.6. The number of aliphatic carboxylic acids is 1. The van der Waals surface area contributed by atoms with Crippen LogP contribution in [-0.4, -0.2) is 15.9 Å². The van der Waals surface area contributed by atoms with Crippen molar-refractivity contribution in [3.05, 3.63) is 0 Å². The lowest BCUT2D eigenvalue weighted by Crippen LogP contribution is -2.11. The summed E-state index contributed by atoms with van der Waals surface area (Å²) in [5.41, 5.74) is 0. The predicted molar refractivity (Wildman–Crippen MR) is 86.0 cm³/mol. The molecule has 0 spiro atoms. The third-order valence-electron chi connectivity index (χ3n) is 3.58. The molecule has 0 saturated heterocycles. The van der Waals surface area contributed by atoms with Crippen molar-refractivity contribution < 1.29 is 9.90 Å². The summed E-state index contributed by atoms with van der Waals surface area (Å²) in [5, 5.41) is 8.71. The number of alkyl halides is 1. The second kappa shape index (κ2) is 14.4. The smallest absolute Gasteiger partial charge is 0.317 e. The molecule has 1 N–H and O–H groups in total. The van der Waals surface area contributed by atoms with Gasteiger partial charge in [0, 0.05) is 0 Å². The molecule has 2 nitrogen and oxygen atoms in total. The number of rotatable bonds is 14. The average molecular weight is 335 g/mol. The Morgan fingerprint density at radius 3 is 1.58 bits per heavy atom. The van der Waals surface area contributed by atoms with E-state index in [1.807, 2.05) is 0 Å². The van der Waals surface area contributed by atoms with Crippen LogP contribution in [0.25, 0.3) is 0 Å². The fraction of sp³-hybridized carbons (Fsp3) is 0.938. The van der Waals surface area contributed by atoms with Gasteiger partial charge in [0.15, 0.2) is 0 Å². The quantitative estimate of drug-likeness (QED) is 0.316. The van der Waals surface area contributed by atoms with Crippen LogP contribution < -0.4 is 0 Å². The van der Waals surface area contributed by atoms with Crippen molar-refractivity contribution in [2.75, 3.05) is 0 Å². The molecule has 0 fully saturated rings. The van der Waals surface area contributed by atoms with Gasteiger partial charge < -0.3 is 5.11 Å². The van der Waals surface area contributed by atoms with E-state index in [1.54, 1.807) is 0 Å². The fourth-order valence-electron chi connectivity index (χ4n) is 2.29. The lowest BCUT2D eigenvalue weighted by molar-refractivity contribution is -0.136. The number of halogens is 1. The molecule has 0 unspecified atom stereocenters. The van der Waals surface area contributed by atoms with Gasteiger partial charge in [0.2, 0.25) is 0 Å². The molecule has 3 heteroatoms. The molecule has 0 aromatic rings. The molecule has 0 aromatic carbocycles. The van der Waals surface area contributed by atoms with E-state index in [-0.39, 0.29) is 4.83 Å². The Labute approximate surface area is 127 Å². The average Bonchev–Trinajstić information content (AvgIpc) is 2.39. The van der Waals surface area contributed by atoms with Gasteiger partial charge in [0.05, 0.1) is 0 Å². The topological polar surface area (TPSA) is 37.3 Å². The Kier molecular flexibility index (Phi) is 14.3. The molecule has 0 aliphatic carbocycles. The minimum Gasteiger partial charge on any atom is -0.480 e. The van der Waals surface area contributed by atoms with E-state index >= 15 is 0 Å². The maximum Gasteiger partial charge on any atom is 0.317 e. The maximum atomic E-state index is 10.6. The monoisotopic (exact) mass is 334 g/mol. The Balaban J connectivity index is 3.05. The molecule has 19 heavy (non-hydrogen) atoms. The molecule has 114 valence electrons. The van der Waals surface area contributed by atoms with Crippen molar-refractivity contribution in [3.63, 3.8) is 0 Å². The normalized spacial score (nSPS) is 12.5. The molecule has 0 rings (SSSR count). The first-order chi connectivity index (χ1) is 9.18. The van der Waals surface area contributed by atoms with Crippen LogP contribution in [0, 0.1) is 0 Å². The highest BCUT2D eigenvalue weighted by Gasteiger charge is 2.11. The van der Waals surface area contributed by atoms with Crippen molar-refractivity contribution in [2.45, 2.75) is 95.2 Å². The zero-order chi connectivity index (χ0) is 14.3. The first-order valence-electron chi connectivity index (χ1n) is 8.05. The number of hydrogen-bond donors (Lipinski definition) is 1. The van der Waals surface area contributed by atoms with E-state index in [9.17, 15) is 4.79 Å². The first kappa shape index (κ1) is 18.9. The molecule has 0 radical (unpaired) electrons. The summed E-state index contributed by atoms with van der Waals surface area (Å²) in [6.45, 7) is 2.26. The van der Waals surface area contributed by atoms with Crippen molar-refractivity contribution in [1.82, 2.24) is 0 Å². The molecule has 1 atom stereocenters. The zero-order valence-corrected chi connectivity index (χ0v) is 14.1. The van der Waals surface area contributed by atoms with Gasteiger partial charge in [-0.1, -0.05) is 99.9 Å². The van der Waals surface area contributed by atoms with E-state index in [0.29, 0.717) is 0 Å². The molecular weight excluding hydrogens is 304 g/mol. The van der Waals surface area contributed by atoms with E-state index in [0.717, 1.165) is 12.8 Å². The Morgan fingerprint density at radius 2 is 1.21 bits per heavy atom. The van der Waals surface area contributed by atoms with Crippen LogP contribution in [-0.2, 0) is 4.79 Å². The SMILES string of the molecule is CCCCCCCCCCCCCC[C@@H](Br)C(=O)O. The molecule has 0 heterocycles. The summed E-state index contributed by atoms with van der Waals surface area (Å²) < 4.78 is 0. The van der Waals surface area contributed by atoms with Crippen molar-refractivity contribution in [1.29, 1.82) is 0 Å². The highest BCUT2D eigenvalue weighted by molar-refractivity contribution is 9.10. The molecular formula is C16H31BrO2. The number of carboxylic acids is 1. The van der Waals surface area contributed by atoms with Crippen LogP contribution in [0.3, 0.4) is 0 Å². The summed E-state index contributed by atoms with van der Waals surface area (Å²) in [6.07, 6.45) is 16.6. The Bertz CT molecular complexity index is 207. The summed E-state index contributed by atoms with van der Waals surface area (Å²) in [6, 6.07) is 0. The summed E-state index contributed by atoms with van der Waals surface area (Å²) in [5.74, 6) is -0.733. The van der Waals surface area contributed by atoms with E-state index < -0.39 is 5.97 Å². The van der Waals surface area contributed by atoms with Gasteiger partial charge in [-0.3, -0.25) is 4.79 Å². The van der Waals surface area contributed by atoms with Gasteiger partial charge in [0.25, 0.3) is 0 Å². The van der Waals surface area contributed by atoms with E-state index in [4.69, 9.17) is 5.11 Å². The standard InChI is InChI=1S/C16H31BrO2/c1-2-3-4-5-6-7-8-9-10-11-12-13-14-15(17)16(18)19/h15H,2-14H2,1H3,(H,18,19)/t15-/m1/s1. The third kappa shape index (κ3) is 14.2. The summed E-state index contributed by atoms with van der Waals surface area (Å²) >= 11 is 3.17. The summed E-state index contributed by atoms with van der Waals surface area (Å²) in [7, 11) is 0. The summed E-state index contributed by atoms with van der Waals surface area (Å²) in [4.78, 5) is 10.2. The molecule has 0 aliphatic rings. The molecule has 0 bridgehead atoms. The van der Waals surface area contributed by atoms with Crippen LogP contribution in [0.1, 0.15) is 90.4 Å². The highest BCUT2D eigenvalue weighted by atomic mass is 79.9. The van der Waals surface area contributed by atoms with Gasteiger partial charge in [-0.05, 0) is 6.42 Å². The second-order valence-electron chi connectivity index (χ2n) is 5.48. The molecule has 0 amide bonds. The Hall–Kier alpha value is -0.0500. The van der Waals surface area contributed by atoms with Crippen LogP contribution in [0.5, 0.6) is 0 Å². The van der Waals surface area contributed by atoms with Gasteiger partial charge >= 0.3 is 5.97 Å². The fourth-order valence-corrected chi connectivity index (χ4v) is 2.61. The number of unbranched alkanes of at least 4 members (excludes halogenated alkanes) is 11. The van der Waals surface area contributed by atoms with Gasteiger partial charge in [-0.25, -0.2) is 0 Å². The zero-order valence-electron chi connectivity index (χ0n) is 12.5. The molecule has 0 aromatic heterocycles. The lowest BCUT2D eigenvalue weighted by atomic mass is 10.0. The van der Waals surface area contributed by atoms with Gasteiger partial charge in [-0.2, -0.15) is 0 Å². The molecule has 0 aliphatic heterocycles. The van der Waals surface area contributed by atoms with Gasteiger partial charge in [-0.15, -0.1) is 0 Å². The van der Waals surface area contributed by atoms with Crippen LogP contribution in [0.2, 0.25) is 0 Å². The second-order valence-corrected chi connectivity index (χ2v) is 6.59. The van der Waals surface area contributed by atoms with Gasteiger partial charge in [0.1, 0.15) is 4.83 Å². The Morgan fingerprint density at radius 1 is 0.842 bits per heavy atom. The largest absolute Gasteiger partial charge is 0.480 e. The van der Waals surface area contributed by atoms with Crippen LogP contribution >= 0.6 is 15.9 Å². The van der Waals surface area contributed by atoms with E-state index in [1.165, 1.54) is 70.6 Å². The third-order valence-corrected chi connectivity index (χ3v) is 4.43. The predicted octanol–water partition coefficient (Wildman–Crippen LogP) is 5.93. The van der Waals surface area contributed by atoms with Crippen LogP contribution in [0.4, 0.5) is 0 Å². The number of carbonyl (C=O) groups is 1. The van der Waals surface area contributed by atoms with Crippen molar-refractivity contribution in [2.24, 2.45) is 0 Å². The number of hydrogen-bond acceptors (Lipinski definition) is 1.